The molecule has 0 spiro atoms. The van der Waals surface area contributed by atoms with Gasteiger partial charge in [0.1, 0.15) is 18.1 Å². The molecule has 0 unspecified atom stereocenters. The number of hydrogen-bond acceptors (Lipinski definition) is 3. The van der Waals surface area contributed by atoms with Gasteiger partial charge in [0.15, 0.2) is 5.78 Å². The highest BCUT2D eigenvalue weighted by Gasteiger charge is 2.09. The number of ketones is 1. The van der Waals surface area contributed by atoms with E-state index in [1.54, 1.807) is 25.3 Å². The number of methoxy groups -OCH3 is 1. The van der Waals surface area contributed by atoms with Gasteiger partial charge in [-0.3, -0.25) is 4.79 Å². The van der Waals surface area contributed by atoms with E-state index < -0.39 is 0 Å². The molecule has 0 fully saturated rings. The van der Waals surface area contributed by atoms with E-state index in [1.165, 1.54) is 6.92 Å². The number of hydrogen-bond donors (Lipinski definition) is 0. The Morgan fingerprint density at radius 3 is 2.60 bits per heavy atom. The molecule has 0 saturated heterocycles. The number of ether oxygens (including phenoxy) is 2. The van der Waals surface area contributed by atoms with Crippen molar-refractivity contribution in [3.05, 3.63) is 57.2 Å². The molecule has 0 amide bonds. The summed E-state index contributed by atoms with van der Waals surface area (Å²) in [7, 11) is 1.55. The molecular weight excluding hydrogens is 367 g/mol. The Bertz CT molecular complexity index is 623. The third kappa shape index (κ3) is 3.50. The summed E-state index contributed by atoms with van der Waals surface area (Å²) < 4.78 is 12.1. The second-order valence-electron chi connectivity index (χ2n) is 4.30. The van der Waals surface area contributed by atoms with Crippen LogP contribution in [0.25, 0.3) is 0 Å². The number of carbonyl (C=O) groups excluding carboxylic acids is 1. The van der Waals surface area contributed by atoms with Gasteiger partial charge in [-0.1, -0.05) is 18.2 Å². The fourth-order valence-electron chi connectivity index (χ4n) is 1.83. The molecule has 0 heterocycles. The number of rotatable bonds is 5. The highest BCUT2D eigenvalue weighted by Crippen LogP contribution is 2.26. The molecule has 104 valence electrons. The van der Waals surface area contributed by atoms with E-state index in [9.17, 15) is 4.79 Å². The van der Waals surface area contributed by atoms with E-state index in [1.807, 2.05) is 24.3 Å². The van der Waals surface area contributed by atoms with Gasteiger partial charge in [-0.15, -0.1) is 0 Å². The first-order valence-corrected chi connectivity index (χ1v) is 7.25. The Morgan fingerprint density at radius 1 is 1.20 bits per heavy atom. The minimum atomic E-state index is -0.0222. The largest absolute Gasteiger partial charge is 0.496 e. The van der Waals surface area contributed by atoms with Crippen molar-refractivity contribution in [2.75, 3.05) is 7.11 Å². The van der Waals surface area contributed by atoms with Crippen LogP contribution in [0, 0.1) is 3.57 Å². The monoisotopic (exact) mass is 382 g/mol. The lowest BCUT2D eigenvalue weighted by atomic mass is 10.1. The van der Waals surface area contributed by atoms with Crippen LogP contribution < -0.4 is 9.47 Å². The highest BCUT2D eigenvalue weighted by atomic mass is 127. The number of carbonyl (C=O) groups is 1. The van der Waals surface area contributed by atoms with Gasteiger partial charge in [0.25, 0.3) is 0 Å². The van der Waals surface area contributed by atoms with Crippen LogP contribution in [-0.2, 0) is 6.61 Å². The smallest absolute Gasteiger partial charge is 0.163 e. The zero-order valence-electron chi connectivity index (χ0n) is 11.4. The zero-order chi connectivity index (χ0) is 14.5. The Balaban J connectivity index is 2.15. The minimum absolute atomic E-state index is 0.0222. The molecule has 0 atom stereocenters. The van der Waals surface area contributed by atoms with E-state index in [0.29, 0.717) is 23.7 Å². The fraction of sp³-hybridized carbons (Fsp3) is 0.188. The molecule has 0 aliphatic heterocycles. The summed E-state index contributed by atoms with van der Waals surface area (Å²) in [5, 5.41) is 0. The van der Waals surface area contributed by atoms with Gasteiger partial charge in [0.2, 0.25) is 0 Å². The van der Waals surface area contributed by atoms with E-state index in [0.717, 1.165) is 9.13 Å². The predicted molar refractivity (Wildman–Crippen MR) is 86.5 cm³/mol. The van der Waals surface area contributed by atoms with Crippen LogP contribution in [0.5, 0.6) is 11.5 Å². The van der Waals surface area contributed by atoms with Crippen molar-refractivity contribution in [2.45, 2.75) is 13.5 Å². The van der Waals surface area contributed by atoms with Crippen molar-refractivity contribution in [2.24, 2.45) is 0 Å². The van der Waals surface area contributed by atoms with Crippen LogP contribution in [0.3, 0.4) is 0 Å². The molecule has 0 aliphatic carbocycles. The summed E-state index contributed by atoms with van der Waals surface area (Å²) in [4.78, 5) is 11.4. The lowest BCUT2D eigenvalue weighted by Gasteiger charge is -2.11. The maximum atomic E-state index is 11.4. The summed E-state index contributed by atoms with van der Waals surface area (Å²) in [5.74, 6) is 1.20. The molecular formula is C16H15IO3. The summed E-state index contributed by atoms with van der Waals surface area (Å²) in [6.07, 6.45) is 0. The van der Waals surface area contributed by atoms with Gasteiger partial charge in [-0.25, -0.2) is 0 Å². The second-order valence-corrected chi connectivity index (χ2v) is 5.46. The van der Waals surface area contributed by atoms with Gasteiger partial charge in [0.05, 0.1) is 12.7 Å². The molecule has 3 nitrogen and oxygen atoms in total. The Morgan fingerprint density at radius 2 is 1.95 bits per heavy atom. The second kappa shape index (κ2) is 6.74. The van der Waals surface area contributed by atoms with Gasteiger partial charge in [-0.2, -0.15) is 0 Å². The maximum Gasteiger partial charge on any atom is 0.163 e. The van der Waals surface area contributed by atoms with Crippen molar-refractivity contribution < 1.29 is 14.3 Å². The van der Waals surface area contributed by atoms with Crippen molar-refractivity contribution in [3.8, 4) is 11.5 Å². The molecule has 0 aliphatic rings. The third-order valence-electron chi connectivity index (χ3n) is 2.90. The minimum Gasteiger partial charge on any atom is -0.496 e. The van der Waals surface area contributed by atoms with Crippen LogP contribution >= 0.6 is 22.6 Å². The maximum absolute atomic E-state index is 11.4. The topological polar surface area (TPSA) is 35.5 Å². The molecule has 0 aromatic heterocycles. The number of Topliss-reactive ketones (excluding diaryl/α,β-unsaturated/α-hetero) is 1. The van der Waals surface area contributed by atoms with Gasteiger partial charge < -0.3 is 9.47 Å². The van der Waals surface area contributed by atoms with Crippen LogP contribution in [-0.4, -0.2) is 12.9 Å². The van der Waals surface area contributed by atoms with Crippen LogP contribution in [0.15, 0.2) is 42.5 Å². The number of halogens is 1. The van der Waals surface area contributed by atoms with Gasteiger partial charge >= 0.3 is 0 Å². The summed E-state index contributed by atoms with van der Waals surface area (Å²) in [6.45, 7) is 2.01. The molecule has 2 rings (SSSR count). The van der Waals surface area contributed by atoms with Gasteiger partial charge in [-0.05, 0) is 47.7 Å². The summed E-state index contributed by atoms with van der Waals surface area (Å²) in [6, 6.07) is 13.3. The average molecular weight is 382 g/mol. The Hall–Kier alpha value is -1.56. The molecule has 0 bridgehead atoms. The van der Waals surface area contributed by atoms with Crippen molar-refractivity contribution in [1.82, 2.24) is 0 Å². The molecule has 2 aromatic rings. The quantitative estimate of drug-likeness (QED) is 0.578. The molecule has 4 heteroatoms. The van der Waals surface area contributed by atoms with Crippen LogP contribution in [0.1, 0.15) is 22.8 Å². The zero-order valence-corrected chi connectivity index (χ0v) is 13.5. The van der Waals surface area contributed by atoms with E-state index >= 15 is 0 Å². The average Bonchev–Trinajstić information content (AvgIpc) is 2.46. The fourth-order valence-corrected chi connectivity index (χ4v) is 2.37. The first-order valence-electron chi connectivity index (χ1n) is 6.17. The van der Waals surface area contributed by atoms with Gasteiger partial charge in [0, 0.05) is 15.2 Å². The Labute approximate surface area is 132 Å². The summed E-state index contributed by atoms with van der Waals surface area (Å²) in [5.41, 5.74) is 1.69. The summed E-state index contributed by atoms with van der Waals surface area (Å²) >= 11 is 2.28. The molecule has 2 aromatic carbocycles. The lowest BCUT2D eigenvalue weighted by Crippen LogP contribution is -2.00. The van der Waals surface area contributed by atoms with E-state index in [2.05, 4.69) is 22.6 Å². The first kappa shape index (κ1) is 14.8. The molecule has 0 saturated carbocycles. The van der Waals surface area contributed by atoms with Crippen molar-refractivity contribution >= 4 is 28.4 Å². The lowest BCUT2D eigenvalue weighted by molar-refractivity contribution is 0.101. The van der Waals surface area contributed by atoms with Crippen LogP contribution in [0.4, 0.5) is 0 Å². The van der Waals surface area contributed by atoms with E-state index in [-0.39, 0.29) is 5.78 Å². The number of benzene rings is 2. The third-order valence-corrected chi connectivity index (χ3v) is 3.96. The predicted octanol–water partition coefficient (Wildman–Crippen LogP) is 4.08. The van der Waals surface area contributed by atoms with E-state index in [4.69, 9.17) is 9.47 Å². The molecule has 0 radical (unpaired) electrons. The Kier molecular flexibility index (Phi) is 5.00. The molecule has 20 heavy (non-hydrogen) atoms. The van der Waals surface area contributed by atoms with Crippen LogP contribution in [0.2, 0.25) is 0 Å². The standard InChI is InChI=1S/C16H15IO3/c1-11(18)14-8-7-13(9-16(14)19-2)20-10-12-5-3-4-6-15(12)17/h3-9H,10H2,1-2H3. The van der Waals surface area contributed by atoms with Crippen molar-refractivity contribution in [1.29, 1.82) is 0 Å². The molecule has 0 N–H and O–H groups in total. The normalized spacial score (nSPS) is 10.2. The highest BCUT2D eigenvalue weighted by molar-refractivity contribution is 14.1. The SMILES string of the molecule is COc1cc(OCc2ccccc2I)ccc1C(C)=O. The first-order chi connectivity index (χ1) is 9.61. The van der Waals surface area contributed by atoms with Crippen molar-refractivity contribution in [3.63, 3.8) is 0 Å².